The summed E-state index contributed by atoms with van der Waals surface area (Å²) in [5.41, 5.74) is 3.76. The van der Waals surface area contributed by atoms with Crippen LogP contribution in [0, 0.1) is 6.92 Å². The lowest BCUT2D eigenvalue weighted by molar-refractivity contribution is 0.0689. The van der Waals surface area contributed by atoms with Crippen LogP contribution in [0.25, 0.3) is 0 Å². The number of aryl methyl sites for hydroxylation is 1. The summed E-state index contributed by atoms with van der Waals surface area (Å²) >= 11 is 9.58. The second-order valence-corrected chi connectivity index (χ2v) is 8.65. The fraction of sp³-hybridized carbons (Fsp3) is 0.304. The third-order valence-electron chi connectivity index (χ3n) is 5.09. The normalized spacial score (nSPS) is 12.2. The van der Waals surface area contributed by atoms with E-state index in [-0.39, 0.29) is 17.7 Å². The van der Waals surface area contributed by atoms with Crippen LogP contribution in [-0.2, 0) is 6.42 Å². The van der Waals surface area contributed by atoms with Crippen LogP contribution >= 0.6 is 27.5 Å². The van der Waals surface area contributed by atoms with E-state index in [1.807, 2.05) is 61.7 Å². The van der Waals surface area contributed by atoms with Gasteiger partial charge in [0, 0.05) is 17.0 Å². The Labute approximate surface area is 189 Å². The average Bonchev–Trinajstić information content (AvgIpc) is 3.04. The first-order chi connectivity index (χ1) is 14.2. The zero-order chi connectivity index (χ0) is 22.0. The number of carbonyl (C=O) groups is 1. The summed E-state index contributed by atoms with van der Waals surface area (Å²) in [6, 6.07) is 13.6. The van der Waals surface area contributed by atoms with E-state index in [1.54, 1.807) is 7.11 Å². The molecule has 7 heteroatoms. The van der Waals surface area contributed by atoms with Crippen molar-refractivity contribution in [1.29, 1.82) is 0 Å². The van der Waals surface area contributed by atoms with Gasteiger partial charge in [-0.2, -0.15) is 0 Å². The van der Waals surface area contributed by atoms with Gasteiger partial charge in [0.05, 0.1) is 12.8 Å². The van der Waals surface area contributed by atoms with Crippen LogP contribution in [0.4, 0.5) is 0 Å². The molecule has 3 rings (SSSR count). The summed E-state index contributed by atoms with van der Waals surface area (Å²) in [7, 11) is 1.64. The van der Waals surface area contributed by atoms with Crippen molar-refractivity contribution >= 4 is 33.5 Å². The molecule has 0 aliphatic rings. The monoisotopic (exact) mass is 490 g/mol. The van der Waals surface area contributed by atoms with Crippen molar-refractivity contribution in [1.82, 2.24) is 9.55 Å². The van der Waals surface area contributed by atoms with Crippen LogP contribution in [0.5, 0.6) is 5.75 Å². The number of aromatic carboxylic acids is 1. The quantitative estimate of drug-likeness (QED) is 0.423. The number of carboxylic acid groups (broad SMARTS) is 1. The van der Waals surface area contributed by atoms with Crippen molar-refractivity contribution in [3.63, 3.8) is 0 Å². The van der Waals surface area contributed by atoms with Crippen molar-refractivity contribution in [2.24, 2.45) is 0 Å². The number of benzene rings is 2. The van der Waals surface area contributed by atoms with Gasteiger partial charge in [-0.05, 0) is 72.4 Å². The van der Waals surface area contributed by atoms with Gasteiger partial charge in [0.2, 0.25) is 0 Å². The predicted molar refractivity (Wildman–Crippen MR) is 122 cm³/mol. The Bertz CT molecular complexity index is 1060. The first kappa shape index (κ1) is 22.4. The Hall–Kier alpha value is -2.31. The molecular weight excluding hydrogens is 468 g/mol. The molecule has 30 heavy (non-hydrogen) atoms. The lowest BCUT2D eigenvalue weighted by atomic mass is 9.87. The number of carboxylic acids is 1. The number of imidazole rings is 1. The maximum Gasteiger partial charge on any atom is 0.356 e. The standard InChI is InChI=1S/C23H24BrClN2O3/c1-13(2)27-21(20(22(28)29)26-23(27)24)18(15-6-8-17(25)9-7-15)12-16-11-14(3)5-10-19(16)30-4/h5-11,13,18H,12H2,1-4H3,(H,28,29). The molecule has 3 aromatic rings. The van der Waals surface area contributed by atoms with Gasteiger partial charge in [-0.15, -0.1) is 0 Å². The molecule has 5 nitrogen and oxygen atoms in total. The molecule has 0 bridgehead atoms. The Morgan fingerprint density at radius 1 is 1.23 bits per heavy atom. The predicted octanol–water partition coefficient (Wildman–Crippen LogP) is 6.27. The van der Waals surface area contributed by atoms with Crippen molar-refractivity contribution in [2.45, 2.75) is 39.2 Å². The molecule has 158 valence electrons. The van der Waals surface area contributed by atoms with E-state index in [9.17, 15) is 9.90 Å². The maximum absolute atomic E-state index is 12.1. The highest BCUT2D eigenvalue weighted by molar-refractivity contribution is 9.10. The molecule has 0 saturated heterocycles. The molecular formula is C23H24BrClN2O3. The number of methoxy groups -OCH3 is 1. The Balaban J connectivity index is 2.25. The molecule has 0 saturated carbocycles. The summed E-state index contributed by atoms with van der Waals surface area (Å²) in [6.07, 6.45) is 0.553. The minimum Gasteiger partial charge on any atom is -0.496 e. The number of hydrogen-bond donors (Lipinski definition) is 1. The van der Waals surface area contributed by atoms with Crippen LogP contribution in [0.15, 0.2) is 47.2 Å². The highest BCUT2D eigenvalue weighted by Crippen LogP contribution is 2.37. The van der Waals surface area contributed by atoms with Gasteiger partial charge >= 0.3 is 5.97 Å². The van der Waals surface area contributed by atoms with Crippen LogP contribution in [0.1, 0.15) is 58.7 Å². The highest BCUT2D eigenvalue weighted by Gasteiger charge is 2.30. The molecule has 0 fully saturated rings. The molecule has 1 atom stereocenters. The topological polar surface area (TPSA) is 64.3 Å². The van der Waals surface area contributed by atoms with E-state index >= 15 is 0 Å². The largest absolute Gasteiger partial charge is 0.496 e. The fourth-order valence-corrected chi connectivity index (χ4v) is 4.66. The molecule has 1 unspecified atom stereocenters. The van der Waals surface area contributed by atoms with Gasteiger partial charge in [-0.25, -0.2) is 9.78 Å². The molecule has 1 heterocycles. The van der Waals surface area contributed by atoms with Gasteiger partial charge in [-0.3, -0.25) is 0 Å². The first-order valence-electron chi connectivity index (χ1n) is 9.62. The van der Waals surface area contributed by atoms with Gasteiger partial charge in [0.15, 0.2) is 10.4 Å². The van der Waals surface area contributed by atoms with E-state index in [2.05, 4.69) is 27.0 Å². The van der Waals surface area contributed by atoms with E-state index in [1.165, 1.54) is 0 Å². The van der Waals surface area contributed by atoms with Gasteiger partial charge in [0.1, 0.15) is 5.75 Å². The molecule has 2 aromatic carbocycles. The molecule has 1 aromatic heterocycles. The highest BCUT2D eigenvalue weighted by atomic mass is 79.9. The van der Waals surface area contributed by atoms with E-state index in [0.29, 0.717) is 21.9 Å². The van der Waals surface area contributed by atoms with Crippen LogP contribution in [-0.4, -0.2) is 27.7 Å². The second-order valence-electron chi connectivity index (χ2n) is 7.51. The smallest absolute Gasteiger partial charge is 0.356 e. The van der Waals surface area contributed by atoms with Gasteiger partial charge in [-0.1, -0.05) is 41.4 Å². The molecule has 0 amide bonds. The van der Waals surface area contributed by atoms with E-state index < -0.39 is 5.97 Å². The minimum absolute atomic E-state index is 0.0178. The van der Waals surface area contributed by atoms with Crippen LogP contribution < -0.4 is 4.74 Å². The third-order valence-corrected chi connectivity index (χ3v) is 5.90. The Morgan fingerprint density at radius 2 is 1.90 bits per heavy atom. The fourth-order valence-electron chi connectivity index (χ4n) is 3.75. The lowest BCUT2D eigenvalue weighted by Gasteiger charge is -2.24. The SMILES string of the molecule is COc1ccc(C)cc1CC(c1ccc(Cl)cc1)c1c(C(=O)O)nc(Br)n1C(C)C. The molecule has 0 aliphatic heterocycles. The van der Waals surface area contributed by atoms with Crippen molar-refractivity contribution in [3.8, 4) is 5.75 Å². The van der Waals surface area contributed by atoms with Crippen LogP contribution in [0.2, 0.25) is 5.02 Å². The molecule has 1 N–H and O–H groups in total. The molecule has 0 radical (unpaired) electrons. The second kappa shape index (κ2) is 9.23. The number of hydrogen-bond acceptors (Lipinski definition) is 3. The van der Waals surface area contributed by atoms with Gasteiger partial charge in [0.25, 0.3) is 0 Å². The number of halogens is 2. The van der Waals surface area contributed by atoms with Crippen molar-refractivity contribution in [3.05, 3.63) is 80.3 Å². The molecule has 0 aliphatic carbocycles. The number of ether oxygens (including phenoxy) is 1. The summed E-state index contributed by atoms with van der Waals surface area (Å²) in [5.74, 6) is -0.545. The van der Waals surface area contributed by atoms with Crippen molar-refractivity contribution < 1.29 is 14.6 Å². The third kappa shape index (κ3) is 4.55. The minimum atomic E-state index is -1.06. The van der Waals surface area contributed by atoms with E-state index in [4.69, 9.17) is 16.3 Å². The van der Waals surface area contributed by atoms with Crippen LogP contribution in [0.3, 0.4) is 0 Å². The number of nitrogens with zero attached hydrogens (tertiary/aromatic N) is 2. The van der Waals surface area contributed by atoms with Crippen molar-refractivity contribution in [2.75, 3.05) is 7.11 Å². The zero-order valence-electron chi connectivity index (χ0n) is 17.3. The number of rotatable bonds is 7. The maximum atomic E-state index is 12.1. The zero-order valence-corrected chi connectivity index (χ0v) is 19.7. The van der Waals surface area contributed by atoms with Gasteiger partial charge < -0.3 is 14.4 Å². The summed E-state index contributed by atoms with van der Waals surface area (Å²) < 4.78 is 8.02. The Kier molecular flexibility index (Phi) is 6.88. The molecule has 0 spiro atoms. The first-order valence-corrected chi connectivity index (χ1v) is 10.8. The summed E-state index contributed by atoms with van der Waals surface area (Å²) in [5, 5.41) is 10.5. The average molecular weight is 492 g/mol. The Morgan fingerprint density at radius 3 is 2.47 bits per heavy atom. The van der Waals surface area contributed by atoms with E-state index in [0.717, 1.165) is 22.4 Å². The summed E-state index contributed by atoms with van der Waals surface area (Å²) in [4.78, 5) is 16.4. The lowest BCUT2D eigenvalue weighted by Crippen LogP contribution is -2.17. The number of aromatic nitrogens is 2. The summed E-state index contributed by atoms with van der Waals surface area (Å²) in [6.45, 7) is 6.04.